The highest BCUT2D eigenvalue weighted by Gasteiger charge is 2.09. The Hall–Kier alpha value is -1.10. The highest BCUT2D eigenvalue weighted by atomic mass is 16.2. The Kier molecular flexibility index (Phi) is 8.52. The Morgan fingerprint density at radius 1 is 1.19 bits per heavy atom. The van der Waals surface area contributed by atoms with Gasteiger partial charge in [0, 0.05) is 33.5 Å². The molecule has 5 nitrogen and oxygen atoms in total. The van der Waals surface area contributed by atoms with Crippen LogP contribution < -0.4 is 11.1 Å². The number of carbonyl (C=O) groups excluding carboxylic acids is 2. The van der Waals surface area contributed by atoms with Crippen molar-refractivity contribution in [2.45, 2.75) is 32.1 Å². The molecule has 0 aromatic heterocycles. The topological polar surface area (TPSA) is 75.4 Å². The second-order valence-corrected chi connectivity index (χ2v) is 3.84. The molecule has 0 saturated heterocycles. The van der Waals surface area contributed by atoms with Crippen molar-refractivity contribution >= 4 is 11.8 Å². The number of nitrogens with one attached hydrogen (secondary N) is 1. The van der Waals surface area contributed by atoms with E-state index in [1.165, 1.54) is 0 Å². The predicted octanol–water partition coefficient (Wildman–Crippen LogP) is 0.100. The molecule has 0 saturated carbocycles. The van der Waals surface area contributed by atoms with Crippen LogP contribution in [-0.2, 0) is 9.59 Å². The van der Waals surface area contributed by atoms with Crippen LogP contribution in [0.25, 0.3) is 0 Å². The van der Waals surface area contributed by atoms with Crippen LogP contribution in [0.2, 0.25) is 0 Å². The lowest BCUT2D eigenvalue weighted by molar-refractivity contribution is -0.130. The molecule has 0 rings (SSSR count). The minimum Gasteiger partial charge on any atom is -0.359 e. The molecular formula is C11H23N3O2. The molecule has 0 radical (unpaired) electrons. The molecule has 0 aliphatic heterocycles. The first-order chi connectivity index (χ1) is 7.61. The van der Waals surface area contributed by atoms with Gasteiger partial charge in [0.15, 0.2) is 0 Å². The van der Waals surface area contributed by atoms with Gasteiger partial charge in [-0.1, -0.05) is 6.42 Å². The van der Waals surface area contributed by atoms with Gasteiger partial charge in [-0.25, -0.2) is 0 Å². The van der Waals surface area contributed by atoms with E-state index < -0.39 is 0 Å². The zero-order valence-electron chi connectivity index (χ0n) is 10.3. The van der Waals surface area contributed by atoms with Crippen LogP contribution in [0.1, 0.15) is 32.1 Å². The van der Waals surface area contributed by atoms with Crippen LogP contribution in [0, 0.1) is 0 Å². The van der Waals surface area contributed by atoms with Crippen LogP contribution in [0.15, 0.2) is 0 Å². The van der Waals surface area contributed by atoms with E-state index in [1.807, 2.05) is 0 Å². The van der Waals surface area contributed by atoms with Gasteiger partial charge in [0.25, 0.3) is 0 Å². The number of carbonyl (C=O) groups is 2. The molecule has 2 amide bonds. The lowest BCUT2D eigenvalue weighted by atomic mass is 10.2. The summed E-state index contributed by atoms with van der Waals surface area (Å²) in [4.78, 5) is 24.2. The van der Waals surface area contributed by atoms with E-state index >= 15 is 0 Å². The van der Waals surface area contributed by atoms with Gasteiger partial charge in [0.05, 0.1) is 0 Å². The highest BCUT2D eigenvalue weighted by Crippen LogP contribution is 2.02. The second kappa shape index (κ2) is 9.15. The Balaban J connectivity index is 3.61. The van der Waals surface area contributed by atoms with Gasteiger partial charge in [0.2, 0.25) is 11.8 Å². The molecular weight excluding hydrogens is 206 g/mol. The lowest BCUT2D eigenvalue weighted by Crippen LogP contribution is -2.31. The fourth-order valence-corrected chi connectivity index (χ4v) is 1.31. The quantitative estimate of drug-likeness (QED) is 0.580. The average molecular weight is 229 g/mol. The third-order valence-electron chi connectivity index (χ3n) is 2.47. The summed E-state index contributed by atoms with van der Waals surface area (Å²) in [6.07, 6.45) is 3.74. The molecule has 0 heterocycles. The maximum absolute atomic E-state index is 11.6. The fourth-order valence-electron chi connectivity index (χ4n) is 1.31. The molecule has 5 heteroatoms. The van der Waals surface area contributed by atoms with Crippen LogP contribution in [0.5, 0.6) is 0 Å². The van der Waals surface area contributed by atoms with E-state index in [4.69, 9.17) is 5.73 Å². The van der Waals surface area contributed by atoms with Crippen molar-refractivity contribution in [2.24, 2.45) is 5.73 Å². The third-order valence-corrected chi connectivity index (χ3v) is 2.47. The summed E-state index contributed by atoms with van der Waals surface area (Å²) in [5.74, 6) is 0.0590. The van der Waals surface area contributed by atoms with E-state index in [9.17, 15) is 9.59 Å². The predicted molar refractivity (Wildman–Crippen MR) is 63.8 cm³/mol. The number of hydrogen-bond acceptors (Lipinski definition) is 3. The Morgan fingerprint density at radius 2 is 1.88 bits per heavy atom. The van der Waals surface area contributed by atoms with Gasteiger partial charge in [-0.05, 0) is 19.4 Å². The lowest BCUT2D eigenvalue weighted by Gasteiger charge is -2.16. The van der Waals surface area contributed by atoms with Gasteiger partial charge in [-0.2, -0.15) is 0 Å². The number of unbranched alkanes of at least 4 members (excludes halogenated alkanes) is 2. The summed E-state index contributed by atoms with van der Waals surface area (Å²) >= 11 is 0. The first-order valence-corrected chi connectivity index (χ1v) is 5.76. The van der Waals surface area contributed by atoms with Crippen LogP contribution >= 0.6 is 0 Å². The number of amides is 2. The van der Waals surface area contributed by atoms with Crippen molar-refractivity contribution in [3.8, 4) is 0 Å². The first-order valence-electron chi connectivity index (χ1n) is 5.76. The summed E-state index contributed by atoms with van der Waals surface area (Å²) in [6.45, 7) is 1.16. The van der Waals surface area contributed by atoms with E-state index in [-0.39, 0.29) is 11.8 Å². The third kappa shape index (κ3) is 7.23. The van der Waals surface area contributed by atoms with Crippen molar-refractivity contribution < 1.29 is 9.59 Å². The van der Waals surface area contributed by atoms with Crippen molar-refractivity contribution in [3.05, 3.63) is 0 Å². The number of nitrogens with two attached hydrogens (primary N) is 1. The van der Waals surface area contributed by atoms with Gasteiger partial charge in [0.1, 0.15) is 0 Å². The SMILES string of the molecule is CNC(=O)CCN(C)C(=O)CCCCCN. The number of hydrogen-bond donors (Lipinski definition) is 2. The summed E-state index contributed by atoms with van der Waals surface area (Å²) in [6, 6.07) is 0. The van der Waals surface area contributed by atoms with Crippen molar-refractivity contribution in [2.75, 3.05) is 27.2 Å². The molecule has 0 aliphatic rings. The van der Waals surface area contributed by atoms with E-state index in [0.717, 1.165) is 19.3 Å². The second-order valence-electron chi connectivity index (χ2n) is 3.84. The molecule has 3 N–H and O–H groups in total. The normalized spacial score (nSPS) is 9.94. The van der Waals surface area contributed by atoms with E-state index in [0.29, 0.717) is 25.9 Å². The molecule has 0 aliphatic carbocycles. The van der Waals surface area contributed by atoms with Crippen molar-refractivity contribution in [1.82, 2.24) is 10.2 Å². The fraction of sp³-hybridized carbons (Fsp3) is 0.818. The van der Waals surface area contributed by atoms with Gasteiger partial charge in [-0.3, -0.25) is 9.59 Å². The molecule has 0 atom stereocenters. The zero-order valence-corrected chi connectivity index (χ0v) is 10.3. The summed E-state index contributed by atoms with van der Waals surface area (Å²) in [7, 11) is 3.32. The van der Waals surface area contributed by atoms with Gasteiger partial charge < -0.3 is 16.0 Å². The standard InChI is InChI=1S/C11H23N3O2/c1-13-10(15)7-9-14(2)11(16)6-4-3-5-8-12/h3-9,12H2,1-2H3,(H,13,15). The smallest absolute Gasteiger partial charge is 0.222 e. The number of nitrogens with zero attached hydrogens (tertiary/aromatic N) is 1. The maximum atomic E-state index is 11.6. The van der Waals surface area contributed by atoms with Crippen LogP contribution in [0.3, 0.4) is 0 Å². The molecule has 16 heavy (non-hydrogen) atoms. The molecule has 0 aromatic carbocycles. The monoisotopic (exact) mass is 229 g/mol. The molecule has 0 bridgehead atoms. The molecule has 0 aromatic rings. The Morgan fingerprint density at radius 3 is 2.44 bits per heavy atom. The van der Waals surface area contributed by atoms with Crippen molar-refractivity contribution in [3.63, 3.8) is 0 Å². The number of rotatable bonds is 8. The van der Waals surface area contributed by atoms with Gasteiger partial charge >= 0.3 is 0 Å². The largest absolute Gasteiger partial charge is 0.359 e. The molecule has 0 spiro atoms. The average Bonchev–Trinajstić information content (AvgIpc) is 2.30. The first kappa shape index (κ1) is 14.9. The molecule has 94 valence electrons. The van der Waals surface area contributed by atoms with Crippen molar-refractivity contribution in [1.29, 1.82) is 0 Å². The Labute approximate surface area is 97.4 Å². The van der Waals surface area contributed by atoms with Crippen LogP contribution in [0.4, 0.5) is 0 Å². The van der Waals surface area contributed by atoms with Gasteiger partial charge in [-0.15, -0.1) is 0 Å². The molecule has 0 unspecified atom stereocenters. The summed E-state index contributed by atoms with van der Waals surface area (Å²) < 4.78 is 0. The molecule has 0 fully saturated rings. The maximum Gasteiger partial charge on any atom is 0.222 e. The van der Waals surface area contributed by atoms with E-state index in [1.54, 1.807) is 19.0 Å². The zero-order chi connectivity index (χ0) is 12.4. The minimum absolute atomic E-state index is 0.0391. The van der Waals surface area contributed by atoms with Crippen LogP contribution in [-0.4, -0.2) is 43.9 Å². The van der Waals surface area contributed by atoms with E-state index in [2.05, 4.69) is 5.32 Å². The minimum atomic E-state index is -0.0391. The summed E-state index contributed by atoms with van der Waals surface area (Å²) in [5, 5.41) is 2.53. The summed E-state index contributed by atoms with van der Waals surface area (Å²) in [5.41, 5.74) is 5.36. The highest BCUT2D eigenvalue weighted by molar-refractivity contribution is 5.78. The Bertz CT molecular complexity index is 219.